The Bertz CT molecular complexity index is 3570. The van der Waals surface area contributed by atoms with E-state index in [0.29, 0.717) is 0 Å². The van der Waals surface area contributed by atoms with Crippen LogP contribution in [-0.2, 0) is 16.2 Å². The topological polar surface area (TPSA) is 3.24 Å². The van der Waals surface area contributed by atoms with Gasteiger partial charge in [-0.25, -0.2) is 0 Å². The van der Waals surface area contributed by atoms with Crippen LogP contribution in [0.4, 0.5) is 17.1 Å². The molecule has 1 nitrogen and oxygen atoms in total. The zero-order valence-corrected chi connectivity index (χ0v) is 39.0. The zero-order chi connectivity index (χ0) is 45.8. The molecule has 0 bridgehead atoms. The lowest BCUT2D eigenvalue weighted by Gasteiger charge is -2.35. The fourth-order valence-electron chi connectivity index (χ4n) is 12.7. The van der Waals surface area contributed by atoms with Crippen LogP contribution in [0.15, 0.2) is 237 Å². The van der Waals surface area contributed by atoms with Crippen LogP contribution in [0.25, 0.3) is 55.6 Å². The summed E-state index contributed by atoms with van der Waals surface area (Å²) in [6.45, 7) is 9.51. The van der Waals surface area contributed by atoms with Crippen molar-refractivity contribution >= 4 is 17.1 Å². The molecule has 0 spiro atoms. The van der Waals surface area contributed by atoms with E-state index in [2.05, 4.69) is 269 Å². The quantitative estimate of drug-likeness (QED) is 0.154. The summed E-state index contributed by atoms with van der Waals surface area (Å²) in [5.74, 6) is 0. The summed E-state index contributed by atoms with van der Waals surface area (Å²) in [5, 5.41) is 0. The normalized spacial score (nSPS) is 14.8. The van der Waals surface area contributed by atoms with Crippen molar-refractivity contribution < 1.29 is 0 Å². The van der Waals surface area contributed by atoms with Crippen molar-refractivity contribution in [3.8, 4) is 55.6 Å². The maximum Gasteiger partial charge on any atom is 0.0714 e. The number of hydrogen-bond donors (Lipinski definition) is 0. The molecule has 0 saturated heterocycles. The van der Waals surface area contributed by atoms with Gasteiger partial charge in [-0.2, -0.15) is 0 Å². The highest BCUT2D eigenvalue weighted by atomic mass is 15.1. The average molecular weight is 870 g/mol. The first-order chi connectivity index (χ1) is 33.3. The van der Waals surface area contributed by atoms with Crippen molar-refractivity contribution in [1.82, 2.24) is 0 Å². The van der Waals surface area contributed by atoms with E-state index in [9.17, 15) is 0 Å². The molecule has 0 N–H and O–H groups in total. The smallest absolute Gasteiger partial charge is 0.0714 e. The van der Waals surface area contributed by atoms with E-state index >= 15 is 0 Å². The number of nitrogens with zero attached hydrogens (tertiary/aromatic N) is 1. The largest absolute Gasteiger partial charge is 0.310 e. The molecule has 1 heteroatoms. The van der Waals surface area contributed by atoms with Gasteiger partial charge < -0.3 is 4.90 Å². The van der Waals surface area contributed by atoms with Crippen LogP contribution in [0, 0.1) is 0 Å². The summed E-state index contributed by atoms with van der Waals surface area (Å²) in [7, 11) is 0. The van der Waals surface area contributed by atoms with Gasteiger partial charge in [0.05, 0.1) is 11.1 Å². The van der Waals surface area contributed by atoms with Gasteiger partial charge in [-0.15, -0.1) is 0 Å². The van der Waals surface area contributed by atoms with Gasteiger partial charge in [0.1, 0.15) is 0 Å². The lowest BCUT2D eigenvalue weighted by atomic mass is 9.67. The third-order valence-electron chi connectivity index (χ3n) is 15.8. The SMILES string of the molecule is CC1(C)c2ccccc2-c2ccc(-c3ccc(N(c4ccc5c(c4)C(c4ccccc4)(c4ccccc4)c4ccccc4-5)c4ccccc4-c4cccc5c4C(C)(C)c4ccccc4-5)cc3)cc21. The van der Waals surface area contributed by atoms with Crippen molar-refractivity contribution in [3.63, 3.8) is 0 Å². The van der Waals surface area contributed by atoms with Crippen molar-refractivity contribution in [2.75, 3.05) is 4.90 Å². The maximum atomic E-state index is 2.51. The van der Waals surface area contributed by atoms with Gasteiger partial charge in [0.2, 0.25) is 0 Å². The molecule has 324 valence electrons. The van der Waals surface area contributed by atoms with Gasteiger partial charge in [-0.1, -0.05) is 228 Å². The van der Waals surface area contributed by atoms with E-state index in [1.165, 1.54) is 100 Å². The van der Waals surface area contributed by atoms with Crippen LogP contribution in [0.2, 0.25) is 0 Å². The molecule has 68 heavy (non-hydrogen) atoms. The summed E-state index contributed by atoms with van der Waals surface area (Å²) >= 11 is 0. The van der Waals surface area contributed by atoms with E-state index in [-0.39, 0.29) is 10.8 Å². The summed E-state index contributed by atoms with van der Waals surface area (Å²) < 4.78 is 0. The molecule has 13 rings (SSSR count). The molecule has 0 fully saturated rings. The van der Waals surface area contributed by atoms with Crippen LogP contribution in [-0.4, -0.2) is 0 Å². The number of para-hydroxylation sites is 1. The molecule has 10 aromatic carbocycles. The molecule has 3 aliphatic carbocycles. The molecule has 3 aliphatic rings. The highest BCUT2D eigenvalue weighted by Crippen LogP contribution is 2.59. The van der Waals surface area contributed by atoms with Gasteiger partial charge >= 0.3 is 0 Å². The first kappa shape index (κ1) is 40.3. The van der Waals surface area contributed by atoms with E-state index < -0.39 is 5.41 Å². The highest BCUT2D eigenvalue weighted by Gasteiger charge is 2.46. The third kappa shape index (κ3) is 5.69. The third-order valence-corrected chi connectivity index (χ3v) is 15.8. The first-order valence-corrected chi connectivity index (χ1v) is 24.1. The molecule has 0 amide bonds. The fourth-order valence-corrected chi connectivity index (χ4v) is 12.7. The van der Waals surface area contributed by atoms with Crippen molar-refractivity contribution in [2.45, 2.75) is 43.9 Å². The molecule has 0 saturated carbocycles. The standard InChI is InChI=1S/C67H51N/c1-65(2)58-30-15-11-24-50(58)53-40-36-45(42-61(53)65)44-34-37-48(38-35-44)68(63-33-18-14-27-55(63)57-29-19-28-56-52-26-12-16-31-59(52)66(3,4)64(56)57)49-39-41-54-51-25-13-17-32-60(51)67(62(54)43-49,46-20-7-5-8-21-46)47-22-9-6-10-23-47/h5-43H,1-4H3. The maximum absolute atomic E-state index is 2.51. The molecule has 0 radical (unpaired) electrons. The molecular formula is C67H51N. The monoisotopic (exact) mass is 869 g/mol. The number of fused-ring (bicyclic) bond motifs is 9. The van der Waals surface area contributed by atoms with Crippen molar-refractivity contribution in [2.24, 2.45) is 0 Å². The molecule has 0 unspecified atom stereocenters. The van der Waals surface area contributed by atoms with Gasteiger partial charge in [-0.05, 0) is 131 Å². The molecular weight excluding hydrogens is 819 g/mol. The van der Waals surface area contributed by atoms with Crippen molar-refractivity contribution in [3.05, 3.63) is 281 Å². The minimum absolute atomic E-state index is 0.0715. The molecule has 0 aromatic heterocycles. The van der Waals surface area contributed by atoms with Crippen LogP contribution in [0.3, 0.4) is 0 Å². The van der Waals surface area contributed by atoms with Gasteiger partial charge in [-0.3, -0.25) is 0 Å². The summed E-state index contributed by atoms with van der Waals surface area (Å²) in [6.07, 6.45) is 0. The summed E-state index contributed by atoms with van der Waals surface area (Å²) in [4.78, 5) is 2.51. The molecule has 0 heterocycles. The van der Waals surface area contributed by atoms with E-state index in [1.807, 2.05) is 0 Å². The predicted molar refractivity (Wildman–Crippen MR) is 284 cm³/mol. The highest BCUT2D eigenvalue weighted by molar-refractivity contribution is 5.96. The number of hydrogen-bond acceptors (Lipinski definition) is 1. The number of rotatable bonds is 7. The Hall–Kier alpha value is -8.00. The lowest BCUT2D eigenvalue weighted by Crippen LogP contribution is -2.28. The Morgan fingerprint density at radius 2 is 0.721 bits per heavy atom. The van der Waals surface area contributed by atoms with Crippen LogP contribution < -0.4 is 4.90 Å². The Morgan fingerprint density at radius 3 is 1.38 bits per heavy atom. The Morgan fingerprint density at radius 1 is 0.279 bits per heavy atom. The van der Waals surface area contributed by atoms with Crippen LogP contribution >= 0.6 is 0 Å². The van der Waals surface area contributed by atoms with E-state index in [0.717, 1.165) is 17.1 Å². The second-order valence-electron chi connectivity index (χ2n) is 20.0. The summed E-state index contributed by atoms with van der Waals surface area (Å²) in [5.41, 5.74) is 26.0. The number of anilines is 3. The molecule has 0 atom stereocenters. The molecule has 0 aliphatic heterocycles. The second-order valence-corrected chi connectivity index (χ2v) is 20.0. The molecule has 10 aromatic rings. The lowest BCUT2D eigenvalue weighted by molar-refractivity contribution is 0.660. The van der Waals surface area contributed by atoms with E-state index in [4.69, 9.17) is 0 Å². The van der Waals surface area contributed by atoms with Gasteiger partial charge in [0.25, 0.3) is 0 Å². The van der Waals surface area contributed by atoms with Crippen LogP contribution in [0.1, 0.15) is 72.2 Å². The number of benzene rings is 10. The zero-order valence-electron chi connectivity index (χ0n) is 39.0. The van der Waals surface area contributed by atoms with Gasteiger partial charge in [0.15, 0.2) is 0 Å². The van der Waals surface area contributed by atoms with Gasteiger partial charge in [0, 0.05) is 27.8 Å². The minimum Gasteiger partial charge on any atom is -0.310 e. The second kappa shape index (κ2) is 15.0. The Labute approximate surface area is 400 Å². The van der Waals surface area contributed by atoms with Crippen LogP contribution in [0.5, 0.6) is 0 Å². The Balaban J connectivity index is 1.03. The minimum atomic E-state index is -0.531. The van der Waals surface area contributed by atoms with Crippen molar-refractivity contribution in [1.29, 1.82) is 0 Å². The first-order valence-electron chi connectivity index (χ1n) is 24.1. The Kier molecular flexibility index (Phi) is 8.89. The fraction of sp³-hybridized carbons (Fsp3) is 0.104. The predicted octanol–water partition coefficient (Wildman–Crippen LogP) is 17.5. The average Bonchev–Trinajstić information content (AvgIpc) is 3.92. The summed E-state index contributed by atoms with van der Waals surface area (Å²) in [6, 6.07) is 88.7. The van der Waals surface area contributed by atoms with E-state index in [1.54, 1.807) is 0 Å².